The molecule has 0 aliphatic carbocycles. The smallest absolute Gasteiger partial charge is 0.155 e. The van der Waals surface area contributed by atoms with Crippen molar-refractivity contribution in [2.24, 2.45) is 0 Å². The summed E-state index contributed by atoms with van der Waals surface area (Å²) in [6, 6.07) is 2.04. The Morgan fingerprint density at radius 3 is 3.27 bits per heavy atom. The highest BCUT2D eigenvalue weighted by molar-refractivity contribution is 6.30. The Balaban J connectivity index is 2.05. The predicted molar refractivity (Wildman–Crippen MR) is 58.2 cm³/mol. The van der Waals surface area contributed by atoms with Crippen molar-refractivity contribution in [2.75, 3.05) is 13.1 Å². The van der Waals surface area contributed by atoms with E-state index in [-0.39, 0.29) is 0 Å². The molecule has 0 amide bonds. The molecule has 3 heterocycles. The van der Waals surface area contributed by atoms with E-state index in [1.54, 1.807) is 16.9 Å². The van der Waals surface area contributed by atoms with Gasteiger partial charge in [0.25, 0.3) is 0 Å². The topological polar surface area (TPSA) is 42.2 Å². The van der Waals surface area contributed by atoms with Crippen molar-refractivity contribution in [1.29, 1.82) is 0 Å². The van der Waals surface area contributed by atoms with Gasteiger partial charge in [0, 0.05) is 24.7 Å². The first-order chi connectivity index (χ1) is 7.33. The Hall–Kier alpha value is -1.13. The average molecular weight is 223 g/mol. The summed E-state index contributed by atoms with van der Waals surface area (Å²) in [5, 5.41) is 8.43. The number of nitrogens with one attached hydrogen (secondary N) is 1. The second-order valence-electron chi connectivity index (χ2n) is 3.83. The van der Waals surface area contributed by atoms with E-state index >= 15 is 0 Å². The van der Waals surface area contributed by atoms with Gasteiger partial charge >= 0.3 is 0 Å². The van der Waals surface area contributed by atoms with Crippen LogP contribution in [-0.4, -0.2) is 27.7 Å². The minimum absolute atomic E-state index is 0.519. The predicted octanol–water partition coefficient (Wildman–Crippen LogP) is 1.46. The van der Waals surface area contributed by atoms with Gasteiger partial charge < -0.3 is 5.32 Å². The van der Waals surface area contributed by atoms with Gasteiger partial charge in [-0.3, -0.25) is 0 Å². The lowest BCUT2D eigenvalue weighted by atomic mass is 10.1. The molecule has 1 aliphatic rings. The number of hydrogen-bond acceptors (Lipinski definition) is 3. The van der Waals surface area contributed by atoms with Crippen molar-refractivity contribution in [3.63, 3.8) is 0 Å². The average Bonchev–Trinajstić information content (AvgIpc) is 2.84. The molecule has 1 unspecified atom stereocenters. The molecule has 15 heavy (non-hydrogen) atoms. The minimum atomic E-state index is 0.519. The van der Waals surface area contributed by atoms with Gasteiger partial charge in [-0.2, -0.15) is 5.10 Å². The van der Waals surface area contributed by atoms with Crippen LogP contribution in [0, 0.1) is 0 Å². The third-order valence-corrected chi connectivity index (χ3v) is 2.97. The fourth-order valence-electron chi connectivity index (χ4n) is 1.98. The summed E-state index contributed by atoms with van der Waals surface area (Å²) in [5.74, 6) is 0.519. The summed E-state index contributed by atoms with van der Waals surface area (Å²) in [6.07, 6.45) is 4.59. The number of fused-ring (bicyclic) bond motifs is 1. The van der Waals surface area contributed by atoms with E-state index in [4.69, 9.17) is 11.6 Å². The van der Waals surface area contributed by atoms with E-state index in [1.165, 1.54) is 0 Å². The SMILES string of the molecule is Clc1cnc2cc(C3CCNC3)nn2c1. The van der Waals surface area contributed by atoms with Crippen LogP contribution in [0.3, 0.4) is 0 Å². The lowest BCUT2D eigenvalue weighted by Gasteiger charge is -2.01. The summed E-state index contributed by atoms with van der Waals surface area (Å²) < 4.78 is 1.75. The molecule has 0 saturated carbocycles. The van der Waals surface area contributed by atoms with Gasteiger partial charge in [0.15, 0.2) is 5.65 Å². The number of halogens is 1. The van der Waals surface area contributed by atoms with E-state index in [1.807, 2.05) is 6.07 Å². The molecule has 1 aliphatic heterocycles. The normalized spacial score (nSPS) is 21.3. The first-order valence-electron chi connectivity index (χ1n) is 5.04. The molecule has 0 radical (unpaired) electrons. The molecule has 4 nitrogen and oxygen atoms in total. The Morgan fingerprint density at radius 2 is 2.47 bits per heavy atom. The van der Waals surface area contributed by atoms with Crippen LogP contribution in [0.2, 0.25) is 5.02 Å². The number of hydrogen-bond donors (Lipinski definition) is 1. The number of rotatable bonds is 1. The molecular formula is C10H11ClN4. The fraction of sp³-hybridized carbons (Fsp3) is 0.400. The summed E-state index contributed by atoms with van der Waals surface area (Å²) in [4.78, 5) is 4.22. The van der Waals surface area contributed by atoms with Crippen molar-refractivity contribution in [3.05, 3.63) is 29.2 Å². The molecule has 1 fully saturated rings. The van der Waals surface area contributed by atoms with Crippen molar-refractivity contribution in [1.82, 2.24) is 19.9 Å². The maximum atomic E-state index is 5.85. The first-order valence-corrected chi connectivity index (χ1v) is 5.42. The first kappa shape index (κ1) is 9.12. The van der Waals surface area contributed by atoms with Crippen LogP contribution >= 0.6 is 11.6 Å². The van der Waals surface area contributed by atoms with Gasteiger partial charge in [0.1, 0.15) is 0 Å². The van der Waals surface area contributed by atoms with Crippen LogP contribution in [-0.2, 0) is 0 Å². The highest BCUT2D eigenvalue weighted by Gasteiger charge is 2.19. The molecule has 0 bridgehead atoms. The maximum absolute atomic E-state index is 5.85. The lowest BCUT2D eigenvalue weighted by Crippen LogP contribution is -2.08. The van der Waals surface area contributed by atoms with Gasteiger partial charge in [-0.1, -0.05) is 11.6 Å². The van der Waals surface area contributed by atoms with E-state index in [0.29, 0.717) is 10.9 Å². The zero-order valence-electron chi connectivity index (χ0n) is 8.15. The molecule has 5 heteroatoms. The fourth-order valence-corrected chi connectivity index (χ4v) is 2.12. The summed E-state index contributed by atoms with van der Waals surface area (Å²) in [7, 11) is 0. The number of aromatic nitrogens is 3. The minimum Gasteiger partial charge on any atom is -0.316 e. The summed E-state index contributed by atoms with van der Waals surface area (Å²) in [5.41, 5.74) is 1.97. The van der Waals surface area contributed by atoms with Gasteiger partial charge in [0.2, 0.25) is 0 Å². The highest BCUT2D eigenvalue weighted by Crippen LogP contribution is 2.22. The molecule has 1 saturated heterocycles. The van der Waals surface area contributed by atoms with Crippen LogP contribution < -0.4 is 5.32 Å². The summed E-state index contributed by atoms with van der Waals surface area (Å²) >= 11 is 5.85. The van der Waals surface area contributed by atoms with Crippen LogP contribution in [0.25, 0.3) is 5.65 Å². The van der Waals surface area contributed by atoms with E-state index in [9.17, 15) is 0 Å². The molecule has 1 N–H and O–H groups in total. The van der Waals surface area contributed by atoms with Crippen LogP contribution in [0.15, 0.2) is 18.5 Å². The van der Waals surface area contributed by atoms with Crippen LogP contribution in [0.1, 0.15) is 18.0 Å². The Labute approximate surface area is 92.3 Å². The van der Waals surface area contributed by atoms with Gasteiger partial charge in [-0.05, 0) is 13.0 Å². The zero-order chi connectivity index (χ0) is 10.3. The van der Waals surface area contributed by atoms with Crippen molar-refractivity contribution in [3.8, 4) is 0 Å². The standard InChI is InChI=1S/C10H11ClN4/c11-8-5-13-10-3-9(14-15(10)6-8)7-1-2-12-4-7/h3,5-7,12H,1-2,4H2. The van der Waals surface area contributed by atoms with Gasteiger partial charge in [-0.25, -0.2) is 9.50 Å². The number of nitrogens with zero attached hydrogens (tertiary/aromatic N) is 3. The lowest BCUT2D eigenvalue weighted by molar-refractivity contribution is 0.718. The molecule has 3 rings (SSSR count). The van der Waals surface area contributed by atoms with Crippen LogP contribution in [0.5, 0.6) is 0 Å². The zero-order valence-corrected chi connectivity index (χ0v) is 8.91. The van der Waals surface area contributed by atoms with E-state index < -0.39 is 0 Å². The third-order valence-electron chi connectivity index (χ3n) is 2.78. The van der Waals surface area contributed by atoms with Crippen molar-refractivity contribution >= 4 is 17.2 Å². The Bertz CT molecular complexity index is 487. The highest BCUT2D eigenvalue weighted by atomic mass is 35.5. The molecule has 0 spiro atoms. The summed E-state index contributed by atoms with van der Waals surface area (Å²) in [6.45, 7) is 2.09. The van der Waals surface area contributed by atoms with E-state index in [0.717, 1.165) is 30.9 Å². The molecule has 2 aromatic heterocycles. The third kappa shape index (κ3) is 1.60. The van der Waals surface area contributed by atoms with Gasteiger partial charge in [0.05, 0.1) is 16.9 Å². The monoisotopic (exact) mass is 222 g/mol. The molecule has 78 valence electrons. The largest absolute Gasteiger partial charge is 0.316 e. The van der Waals surface area contributed by atoms with Crippen LogP contribution in [0.4, 0.5) is 0 Å². The van der Waals surface area contributed by atoms with E-state index in [2.05, 4.69) is 15.4 Å². The second kappa shape index (κ2) is 3.47. The maximum Gasteiger partial charge on any atom is 0.155 e. The molecule has 1 atom stereocenters. The Kier molecular flexibility index (Phi) is 2.11. The molecular weight excluding hydrogens is 212 g/mol. The molecule has 0 aromatic carbocycles. The Morgan fingerprint density at radius 1 is 1.53 bits per heavy atom. The quantitative estimate of drug-likeness (QED) is 0.795. The van der Waals surface area contributed by atoms with Crippen molar-refractivity contribution < 1.29 is 0 Å². The second-order valence-corrected chi connectivity index (χ2v) is 4.27. The molecule has 2 aromatic rings. The van der Waals surface area contributed by atoms with Gasteiger partial charge in [-0.15, -0.1) is 0 Å². The van der Waals surface area contributed by atoms with Crippen molar-refractivity contribution in [2.45, 2.75) is 12.3 Å².